The highest BCUT2D eigenvalue weighted by atomic mass is 32.2. The Labute approximate surface area is 179 Å². The number of nitrogens with zero attached hydrogens (tertiary/aromatic N) is 2. The van der Waals surface area contributed by atoms with E-state index >= 15 is 0 Å². The number of unbranched alkanes of at least 4 members (excludes halogenated alkanes) is 2. The van der Waals surface area contributed by atoms with Crippen molar-refractivity contribution < 1.29 is 25.2 Å². The lowest BCUT2D eigenvalue weighted by atomic mass is 10.2. The summed E-state index contributed by atoms with van der Waals surface area (Å²) in [7, 11) is -6.83. The fourth-order valence-corrected chi connectivity index (χ4v) is 3.79. The van der Waals surface area contributed by atoms with Gasteiger partial charge in [-0.15, -0.1) is 0 Å². The van der Waals surface area contributed by atoms with E-state index < -0.39 is 20.2 Å². The molecule has 0 fully saturated rings. The van der Waals surface area contributed by atoms with Crippen molar-refractivity contribution in [1.82, 2.24) is 9.80 Å². The molecule has 0 N–H and O–H groups in total. The summed E-state index contributed by atoms with van der Waals surface area (Å²) in [6.07, 6.45) is 9.13. The van der Waals surface area contributed by atoms with E-state index in [0.29, 0.717) is 25.9 Å². The highest BCUT2D eigenvalue weighted by Crippen LogP contribution is 2.04. The van der Waals surface area contributed by atoms with Crippen molar-refractivity contribution >= 4 is 20.2 Å². The molecule has 0 aromatic carbocycles. The third-order valence-corrected chi connectivity index (χ3v) is 5.63. The maximum Gasteiger partial charge on any atom is 0.264 e. The van der Waals surface area contributed by atoms with Gasteiger partial charge in [0.15, 0.2) is 0 Å². The molecule has 0 unspecified atom stereocenters. The van der Waals surface area contributed by atoms with Gasteiger partial charge in [0.05, 0.1) is 25.7 Å². The molecule has 0 aliphatic carbocycles. The molecule has 0 amide bonds. The summed E-state index contributed by atoms with van der Waals surface area (Å²) in [6, 6.07) is 0. The second kappa shape index (κ2) is 16.4. The van der Waals surface area contributed by atoms with Crippen LogP contribution < -0.4 is 0 Å². The summed E-state index contributed by atoms with van der Waals surface area (Å²) in [5.74, 6) is 0. The molecule has 0 saturated heterocycles. The summed E-state index contributed by atoms with van der Waals surface area (Å²) < 4.78 is 54.0. The lowest BCUT2D eigenvalue weighted by molar-refractivity contribution is 0.197. The van der Waals surface area contributed by atoms with Crippen molar-refractivity contribution in [3.8, 4) is 0 Å². The zero-order valence-electron chi connectivity index (χ0n) is 18.8. The van der Waals surface area contributed by atoms with Gasteiger partial charge in [-0.3, -0.25) is 8.37 Å². The largest absolute Gasteiger partial charge is 0.303 e. The molecule has 29 heavy (non-hydrogen) atoms. The Morgan fingerprint density at radius 2 is 0.862 bits per heavy atom. The molecule has 0 spiro atoms. The van der Waals surface area contributed by atoms with Crippen LogP contribution in [0.4, 0.5) is 0 Å². The average Bonchev–Trinajstić information content (AvgIpc) is 2.61. The normalized spacial score (nSPS) is 12.9. The van der Waals surface area contributed by atoms with E-state index in [1.54, 1.807) is 0 Å². The Morgan fingerprint density at radius 3 is 1.17 bits per heavy atom. The molecule has 0 aliphatic heterocycles. The first-order valence-corrected chi connectivity index (χ1v) is 14.3. The molecule has 0 aromatic heterocycles. The first-order chi connectivity index (χ1) is 13.6. The Kier molecular flexibility index (Phi) is 16.3. The van der Waals surface area contributed by atoms with Crippen molar-refractivity contribution in [2.24, 2.45) is 0 Å². The first kappa shape index (κ1) is 28.7. The van der Waals surface area contributed by atoms with Gasteiger partial charge in [-0.05, 0) is 58.3 Å². The summed E-state index contributed by atoms with van der Waals surface area (Å²) >= 11 is 0. The summed E-state index contributed by atoms with van der Waals surface area (Å²) in [6.45, 7) is 10.3. The Morgan fingerprint density at radius 1 is 0.552 bits per heavy atom. The topological polar surface area (TPSA) is 93.2 Å². The van der Waals surface area contributed by atoms with E-state index in [1.165, 1.54) is 25.7 Å². The van der Waals surface area contributed by atoms with Crippen molar-refractivity contribution in [3.63, 3.8) is 0 Å². The minimum Gasteiger partial charge on any atom is -0.303 e. The van der Waals surface area contributed by atoms with Crippen LogP contribution >= 0.6 is 0 Å². The molecule has 0 heterocycles. The second-order valence-corrected chi connectivity index (χ2v) is 10.8. The van der Waals surface area contributed by atoms with Gasteiger partial charge in [-0.1, -0.05) is 26.7 Å². The van der Waals surface area contributed by atoms with Crippen molar-refractivity contribution in [2.75, 3.05) is 65.0 Å². The number of hydrogen-bond acceptors (Lipinski definition) is 8. The van der Waals surface area contributed by atoms with E-state index in [9.17, 15) is 16.8 Å². The minimum atomic E-state index is -3.42. The van der Waals surface area contributed by atoms with E-state index in [4.69, 9.17) is 8.37 Å². The SMILES string of the molecule is CCCCN(CCCC)CCCN(CCCOS(C)(=O)=O)CCCOS(C)(=O)=O. The minimum absolute atomic E-state index is 0.161. The van der Waals surface area contributed by atoms with Gasteiger partial charge in [0, 0.05) is 13.1 Å². The zero-order valence-corrected chi connectivity index (χ0v) is 20.4. The molecule has 0 radical (unpaired) electrons. The molecular weight excluding hydrogens is 416 g/mol. The van der Waals surface area contributed by atoms with Crippen LogP contribution in [-0.2, 0) is 28.6 Å². The third kappa shape index (κ3) is 20.8. The maximum absolute atomic E-state index is 11.1. The molecule has 0 atom stereocenters. The van der Waals surface area contributed by atoms with Crippen LogP contribution in [0.3, 0.4) is 0 Å². The average molecular weight is 459 g/mol. The van der Waals surface area contributed by atoms with Gasteiger partial charge in [-0.25, -0.2) is 0 Å². The standard InChI is InChI=1S/C19H42N2O6S2/c1-5-7-12-20(13-8-6-2)14-9-15-21(16-10-18-26-28(3,22)23)17-11-19-27-29(4,24)25/h5-19H2,1-4H3. The van der Waals surface area contributed by atoms with E-state index in [-0.39, 0.29) is 13.2 Å². The first-order valence-electron chi connectivity index (χ1n) is 10.7. The van der Waals surface area contributed by atoms with Crippen molar-refractivity contribution in [3.05, 3.63) is 0 Å². The van der Waals surface area contributed by atoms with Gasteiger partial charge < -0.3 is 9.80 Å². The lowest BCUT2D eigenvalue weighted by Crippen LogP contribution is -2.33. The summed E-state index contributed by atoms with van der Waals surface area (Å²) in [5.41, 5.74) is 0. The Hall–Kier alpha value is -0.260. The lowest BCUT2D eigenvalue weighted by Gasteiger charge is -2.26. The molecule has 0 rings (SSSR count). The van der Waals surface area contributed by atoms with E-state index in [1.807, 2.05) is 0 Å². The summed E-state index contributed by atoms with van der Waals surface area (Å²) in [5, 5.41) is 0. The fourth-order valence-electron chi connectivity index (χ4n) is 2.95. The Bertz CT molecular complexity index is 548. The van der Waals surface area contributed by atoms with E-state index in [0.717, 1.165) is 45.1 Å². The molecule has 0 saturated carbocycles. The highest BCUT2D eigenvalue weighted by Gasteiger charge is 2.10. The molecule has 0 bridgehead atoms. The summed E-state index contributed by atoms with van der Waals surface area (Å²) in [4.78, 5) is 4.75. The Balaban J connectivity index is 4.43. The smallest absolute Gasteiger partial charge is 0.264 e. The van der Waals surface area contributed by atoms with Crippen molar-refractivity contribution in [2.45, 2.75) is 58.8 Å². The molecular formula is C19H42N2O6S2. The quantitative estimate of drug-likeness (QED) is 0.203. The van der Waals surface area contributed by atoms with Gasteiger partial charge in [-0.2, -0.15) is 16.8 Å². The van der Waals surface area contributed by atoms with Crippen LogP contribution in [0.2, 0.25) is 0 Å². The van der Waals surface area contributed by atoms with E-state index in [2.05, 4.69) is 23.6 Å². The van der Waals surface area contributed by atoms with Crippen LogP contribution in [0.5, 0.6) is 0 Å². The monoisotopic (exact) mass is 458 g/mol. The van der Waals surface area contributed by atoms with Crippen molar-refractivity contribution in [1.29, 1.82) is 0 Å². The highest BCUT2D eigenvalue weighted by molar-refractivity contribution is 7.86. The molecule has 0 aliphatic rings. The predicted molar refractivity (Wildman–Crippen MR) is 118 cm³/mol. The maximum atomic E-state index is 11.1. The molecule has 0 aromatic rings. The zero-order chi connectivity index (χ0) is 22.2. The van der Waals surface area contributed by atoms with Gasteiger partial charge >= 0.3 is 0 Å². The molecule has 10 heteroatoms. The van der Waals surface area contributed by atoms with Gasteiger partial charge in [0.2, 0.25) is 0 Å². The van der Waals surface area contributed by atoms with Crippen LogP contribution in [0.15, 0.2) is 0 Å². The van der Waals surface area contributed by atoms with Crippen LogP contribution in [0.1, 0.15) is 58.8 Å². The third-order valence-electron chi connectivity index (χ3n) is 4.44. The molecule has 176 valence electrons. The van der Waals surface area contributed by atoms with Crippen LogP contribution in [0.25, 0.3) is 0 Å². The van der Waals surface area contributed by atoms with Gasteiger partial charge in [0.1, 0.15) is 0 Å². The fraction of sp³-hybridized carbons (Fsp3) is 1.00. The molecule has 8 nitrogen and oxygen atoms in total. The predicted octanol–water partition coefficient (Wildman–Crippen LogP) is 2.31. The van der Waals surface area contributed by atoms with Gasteiger partial charge in [0.25, 0.3) is 20.2 Å². The number of rotatable bonds is 20. The van der Waals surface area contributed by atoms with Crippen LogP contribution in [-0.4, -0.2) is 91.6 Å². The number of hydrogen-bond donors (Lipinski definition) is 0. The van der Waals surface area contributed by atoms with Crippen LogP contribution in [0, 0.1) is 0 Å². The second-order valence-electron chi connectivity index (χ2n) is 7.50.